The minimum absolute atomic E-state index is 0.557. The zero-order valence-corrected chi connectivity index (χ0v) is 13.3. The van der Waals surface area contributed by atoms with Gasteiger partial charge in [0.25, 0.3) is 0 Å². The number of rotatable bonds is 6. The molecular formula is C16H28N2S. The highest BCUT2D eigenvalue weighted by atomic mass is 32.1. The van der Waals surface area contributed by atoms with Crippen molar-refractivity contribution in [3.8, 4) is 0 Å². The Hall–Kier alpha value is -0.380. The minimum atomic E-state index is 0.557. The van der Waals surface area contributed by atoms with Gasteiger partial charge < -0.3 is 10.2 Å². The third kappa shape index (κ3) is 5.64. The van der Waals surface area contributed by atoms with Crippen LogP contribution in [0.1, 0.15) is 38.7 Å². The van der Waals surface area contributed by atoms with Crippen molar-refractivity contribution in [2.75, 3.05) is 32.7 Å². The van der Waals surface area contributed by atoms with E-state index in [1.54, 1.807) is 11.3 Å². The Labute approximate surface area is 122 Å². The first-order valence-electron chi connectivity index (χ1n) is 7.60. The third-order valence-corrected chi connectivity index (χ3v) is 4.94. The molecule has 0 saturated carbocycles. The van der Waals surface area contributed by atoms with Crippen LogP contribution in [0.2, 0.25) is 0 Å². The van der Waals surface area contributed by atoms with Crippen LogP contribution < -0.4 is 5.32 Å². The van der Waals surface area contributed by atoms with E-state index < -0.39 is 0 Å². The molecular weight excluding hydrogens is 252 g/mol. The predicted octanol–water partition coefficient (Wildman–Crippen LogP) is 3.39. The largest absolute Gasteiger partial charge is 0.315 e. The molecule has 0 aromatic carbocycles. The monoisotopic (exact) mass is 280 g/mol. The van der Waals surface area contributed by atoms with Crippen LogP contribution in [0.25, 0.3) is 0 Å². The maximum Gasteiger partial charge on any atom is 0.0107 e. The first-order valence-corrected chi connectivity index (χ1v) is 8.54. The van der Waals surface area contributed by atoms with Gasteiger partial charge in [0.1, 0.15) is 0 Å². The summed E-state index contributed by atoms with van der Waals surface area (Å²) < 4.78 is 0. The molecule has 1 saturated heterocycles. The van der Waals surface area contributed by atoms with Gasteiger partial charge in [-0.25, -0.2) is 0 Å². The van der Waals surface area contributed by atoms with Gasteiger partial charge in [0.15, 0.2) is 0 Å². The lowest BCUT2D eigenvalue weighted by Gasteiger charge is -2.23. The minimum Gasteiger partial charge on any atom is -0.315 e. The number of thiophene rings is 1. The van der Waals surface area contributed by atoms with Crippen molar-refractivity contribution in [3.63, 3.8) is 0 Å². The Balaban J connectivity index is 1.55. The SMILES string of the molecule is CC1(C)CCCN(CCNCCc2ccsc2)CC1. The maximum atomic E-state index is 3.58. The van der Waals surface area contributed by atoms with Gasteiger partial charge in [-0.3, -0.25) is 0 Å². The standard InChI is InChI=1S/C16H28N2S/c1-16(2)6-3-10-18(11-7-16)12-9-17-8-4-15-5-13-19-14-15/h5,13-14,17H,3-4,6-12H2,1-2H3. The van der Waals surface area contributed by atoms with Gasteiger partial charge in [0.2, 0.25) is 0 Å². The molecule has 1 aromatic heterocycles. The first kappa shape index (κ1) is 15.0. The van der Waals surface area contributed by atoms with Crippen LogP contribution in [-0.4, -0.2) is 37.6 Å². The summed E-state index contributed by atoms with van der Waals surface area (Å²) in [6.07, 6.45) is 5.26. The van der Waals surface area contributed by atoms with Crippen LogP contribution in [0.4, 0.5) is 0 Å². The Morgan fingerprint density at radius 2 is 2.16 bits per heavy atom. The molecule has 1 fully saturated rings. The lowest BCUT2D eigenvalue weighted by atomic mass is 9.85. The molecule has 0 unspecified atom stereocenters. The number of hydrogen-bond acceptors (Lipinski definition) is 3. The molecule has 2 nitrogen and oxygen atoms in total. The second-order valence-electron chi connectivity index (χ2n) is 6.49. The Bertz CT molecular complexity index is 346. The summed E-state index contributed by atoms with van der Waals surface area (Å²) in [7, 11) is 0. The van der Waals surface area contributed by atoms with Gasteiger partial charge in [-0.2, -0.15) is 11.3 Å². The summed E-state index contributed by atoms with van der Waals surface area (Å²) in [5, 5.41) is 7.98. The van der Waals surface area contributed by atoms with Crippen molar-refractivity contribution in [2.24, 2.45) is 5.41 Å². The smallest absolute Gasteiger partial charge is 0.0107 e. The van der Waals surface area contributed by atoms with Gasteiger partial charge in [-0.15, -0.1) is 0 Å². The molecule has 19 heavy (non-hydrogen) atoms. The number of nitrogens with one attached hydrogen (secondary N) is 1. The van der Waals surface area contributed by atoms with Crippen LogP contribution in [0.5, 0.6) is 0 Å². The molecule has 108 valence electrons. The van der Waals surface area contributed by atoms with Crippen LogP contribution in [0.15, 0.2) is 16.8 Å². The van der Waals surface area contributed by atoms with E-state index in [0.717, 1.165) is 19.5 Å². The topological polar surface area (TPSA) is 15.3 Å². The molecule has 2 heterocycles. The van der Waals surface area contributed by atoms with E-state index in [2.05, 4.69) is 40.9 Å². The quantitative estimate of drug-likeness (QED) is 0.804. The maximum absolute atomic E-state index is 3.58. The highest BCUT2D eigenvalue weighted by Crippen LogP contribution is 2.29. The molecule has 1 N–H and O–H groups in total. The molecule has 0 bridgehead atoms. The average Bonchev–Trinajstić information content (AvgIpc) is 2.81. The second-order valence-corrected chi connectivity index (χ2v) is 7.27. The molecule has 1 aliphatic rings. The Morgan fingerprint density at radius 1 is 1.26 bits per heavy atom. The van der Waals surface area contributed by atoms with Crippen molar-refractivity contribution in [3.05, 3.63) is 22.4 Å². The van der Waals surface area contributed by atoms with Crippen LogP contribution in [0, 0.1) is 5.41 Å². The van der Waals surface area contributed by atoms with Gasteiger partial charge in [-0.05, 0) is 73.1 Å². The first-order chi connectivity index (χ1) is 9.16. The van der Waals surface area contributed by atoms with E-state index in [1.807, 2.05) is 0 Å². The Morgan fingerprint density at radius 3 is 2.95 bits per heavy atom. The number of nitrogens with zero attached hydrogens (tertiary/aromatic N) is 1. The van der Waals surface area contributed by atoms with Crippen molar-refractivity contribution in [1.29, 1.82) is 0 Å². The number of hydrogen-bond donors (Lipinski definition) is 1. The predicted molar refractivity (Wildman–Crippen MR) is 85.0 cm³/mol. The summed E-state index contributed by atoms with van der Waals surface area (Å²) in [5.74, 6) is 0. The van der Waals surface area contributed by atoms with E-state index in [1.165, 1.54) is 44.5 Å². The van der Waals surface area contributed by atoms with E-state index in [4.69, 9.17) is 0 Å². The van der Waals surface area contributed by atoms with Crippen LogP contribution in [-0.2, 0) is 6.42 Å². The van der Waals surface area contributed by atoms with E-state index in [-0.39, 0.29) is 0 Å². The lowest BCUT2D eigenvalue weighted by Crippen LogP contribution is -2.33. The fraction of sp³-hybridized carbons (Fsp3) is 0.750. The second kappa shape index (κ2) is 7.41. The molecule has 0 amide bonds. The summed E-state index contributed by atoms with van der Waals surface area (Å²) in [5.41, 5.74) is 2.02. The zero-order valence-electron chi connectivity index (χ0n) is 12.5. The molecule has 0 radical (unpaired) electrons. The summed E-state index contributed by atoms with van der Waals surface area (Å²) in [4.78, 5) is 2.63. The van der Waals surface area contributed by atoms with Gasteiger partial charge >= 0.3 is 0 Å². The van der Waals surface area contributed by atoms with Gasteiger partial charge in [-0.1, -0.05) is 13.8 Å². The fourth-order valence-electron chi connectivity index (χ4n) is 2.73. The van der Waals surface area contributed by atoms with Crippen LogP contribution in [0.3, 0.4) is 0 Å². The third-order valence-electron chi connectivity index (χ3n) is 4.21. The lowest BCUT2D eigenvalue weighted by molar-refractivity contribution is 0.262. The zero-order chi connectivity index (χ0) is 13.6. The average molecular weight is 280 g/mol. The van der Waals surface area contributed by atoms with Crippen LogP contribution >= 0.6 is 11.3 Å². The number of likely N-dealkylation sites (tertiary alicyclic amines) is 1. The fourth-order valence-corrected chi connectivity index (χ4v) is 3.44. The molecule has 2 rings (SSSR count). The van der Waals surface area contributed by atoms with Crippen molar-refractivity contribution in [1.82, 2.24) is 10.2 Å². The highest BCUT2D eigenvalue weighted by Gasteiger charge is 2.22. The molecule has 3 heteroatoms. The summed E-state index contributed by atoms with van der Waals surface area (Å²) >= 11 is 1.79. The molecule has 1 aliphatic heterocycles. The molecule has 0 atom stereocenters. The van der Waals surface area contributed by atoms with E-state index >= 15 is 0 Å². The van der Waals surface area contributed by atoms with E-state index in [0.29, 0.717) is 5.41 Å². The normalized spacial score (nSPS) is 20.3. The molecule has 1 aromatic rings. The molecule has 0 aliphatic carbocycles. The Kier molecular flexibility index (Phi) is 5.86. The summed E-state index contributed by atoms with van der Waals surface area (Å²) in [6, 6.07) is 2.23. The van der Waals surface area contributed by atoms with Gasteiger partial charge in [0.05, 0.1) is 0 Å². The van der Waals surface area contributed by atoms with Crippen molar-refractivity contribution < 1.29 is 0 Å². The highest BCUT2D eigenvalue weighted by molar-refractivity contribution is 7.07. The van der Waals surface area contributed by atoms with Crippen molar-refractivity contribution in [2.45, 2.75) is 39.5 Å². The van der Waals surface area contributed by atoms with Gasteiger partial charge in [0, 0.05) is 13.1 Å². The van der Waals surface area contributed by atoms with E-state index in [9.17, 15) is 0 Å². The summed E-state index contributed by atoms with van der Waals surface area (Å²) in [6.45, 7) is 10.8. The molecule has 0 spiro atoms. The van der Waals surface area contributed by atoms with Crippen molar-refractivity contribution >= 4 is 11.3 Å².